The number of carbonyl (C=O) groups excluding carboxylic acids is 3. The minimum atomic E-state index is -0.760. The van der Waals surface area contributed by atoms with Crippen molar-refractivity contribution in [2.45, 2.75) is 65.6 Å². The molecule has 3 amide bonds. The summed E-state index contributed by atoms with van der Waals surface area (Å²) in [5.74, 6) is -0.304. The van der Waals surface area contributed by atoms with Crippen LogP contribution < -0.4 is 10.6 Å². The Hall–Kier alpha value is -2.74. The van der Waals surface area contributed by atoms with Gasteiger partial charge in [-0.2, -0.15) is 0 Å². The Morgan fingerprint density at radius 3 is 2.25 bits per heavy atom. The van der Waals surface area contributed by atoms with E-state index < -0.39 is 12.1 Å². The number of nitrogens with zero attached hydrogens (tertiary/aromatic N) is 2. The lowest BCUT2D eigenvalue weighted by Crippen LogP contribution is -2.55. The third-order valence-electron chi connectivity index (χ3n) is 5.13. The fourth-order valence-corrected chi connectivity index (χ4v) is 3.99. The Morgan fingerprint density at radius 1 is 1.06 bits per heavy atom. The lowest BCUT2D eigenvalue weighted by atomic mass is 10.00. The minimum absolute atomic E-state index is 0.127. The van der Waals surface area contributed by atoms with Crippen LogP contribution in [0.4, 0.5) is 4.79 Å². The van der Waals surface area contributed by atoms with Crippen molar-refractivity contribution < 1.29 is 14.4 Å². The van der Waals surface area contributed by atoms with Gasteiger partial charge in [-0.1, -0.05) is 58.0 Å². The number of hydrogen-bond donors (Lipinski definition) is 2. The minimum Gasteiger partial charge on any atom is -0.344 e. The van der Waals surface area contributed by atoms with Gasteiger partial charge in [0, 0.05) is 18.3 Å². The molecule has 2 atom stereocenters. The maximum absolute atomic E-state index is 13.0. The van der Waals surface area contributed by atoms with E-state index >= 15 is 0 Å². The summed E-state index contributed by atoms with van der Waals surface area (Å²) < 4.78 is 0. The zero-order valence-electron chi connectivity index (χ0n) is 19.7. The summed E-state index contributed by atoms with van der Waals surface area (Å²) in [5.41, 5.74) is 1.78. The van der Waals surface area contributed by atoms with E-state index in [1.54, 1.807) is 18.4 Å². The molecule has 0 radical (unpaired) electrons. The molecule has 174 valence electrons. The molecule has 2 aromatic rings. The Kier molecular flexibility index (Phi) is 9.38. The molecule has 2 N–H and O–H groups in total. The van der Waals surface area contributed by atoms with E-state index in [0.29, 0.717) is 18.9 Å². The molecule has 1 aromatic carbocycles. The largest absolute Gasteiger partial charge is 0.344 e. The van der Waals surface area contributed by atoms with Crippen LogP contribution >= 0.6 is 11.3 Å². The summed E-state index contributed by atoms with van der Waals surface area (Å²) in [6.45, 7) is 9.70. The summed E-state index contributed by atoms with van der Waals surface area (Å²) in [6.07, 6.45) is 0.405. The van der Waals surface area contributed by atoms with Crippen molar-refractivity contribution in [3.8, 4) is 0 Å². The van der Waals surface area contributed by atoms with Crippen LogP contribution in [-0.2, 0) is 22.6 Å². The van der Waals surface area contributed by atoms with Gasteiger partial charge in [-0.05, 0) is 24.8 Å². The number of benzene rings is 1. The number of ketones is 1. The predicted octanol–water partition coefficient (Wildman–Crippen LogP) is 3.75. The maximum atomic E-state index is 13.0. The molecule has 0 spiro atoms. The highest BCUT2D eigenvalue weighted by atomic mass is 32.1. The molecule has 1 aromatic heterocycles. The Balaban J connectivity index is 2.01. The fourth-order valence-electron chi connectivity index (χ4n) is 3.16. The highest BCUT2D eigenvalue weighted by Gasteiger charge is 2.28. The van der Waals surface area contributed by atoms with Gasteiger partial charge in [0.1, 0.15) is 6.04 Å². The highest BCUT2D eigenvalue weighted by molar-refractivity contribution is 7.09. The number of thiazole rings is 1. The van der Waals surface area contributed by atoms with Crippen LogP contribution in [0.1, 0.15) is 56.8 Å². The van der Waals surface area contributed by atoms with Gasteiger partial charge >= 0.3 is 6.03 Å². The lowest BCUT2D eigenvalue weighted by Gasteiger charge is -2.27. The molecule has 0 saturated carbocycles. The quantitative estimate of drug-likeness (QED) is 0.567. The molecule has 0 aliphatic rings. The Bertz CT molecular complexity index is 911. The molecule has 8 heteroatoms. The molecule has 0 fully saturated rings. The van der Waals surface area contributed by atoms with E-state index in [2.05, 4.69) is 29.5 Å². The smallest absolute Gasteiger partial charge is 0.318 e. The van der Waals surface area contributed by atoms with Gasteiger partial charge in [0.2, 0.25) is 5.91 Å². The van der Waals surface area contributed by atoms with Crippen molar-refractivity contribution in [1.29, 1.82) is 0 Å². The number of nitrogens with one attached hydrogen (secondary N) is 2. The molecule has 0 unspecified atom stereocenters. The van der Waals surface area contributed by atoms with Crippen LogP contribution in [-0.4, -0.2) is 46.7 Å². The number of urea groups is 1. The number of amides is 3. The molecule has 0 aliphatic carbocycles. The molecule has 1 heterocycles. The molecule has 2 rings (SSSR count). The average Bonchev–Trinajstić information content (AvgIpc) is 3.20. The lowest BCUT2D eigenvalue weighted by molar-refractivity contribution is -0.128. The molecular formula is C24H34N4O3S. The summed E-state index contributed by atoms with van der Waals surface area (Å²) in [4.78, 5) is 44.0. The van der Waals surface area contributed by atoms with Crippen molar-refractivity contribution >= 4 is 29.1 Å². The first kappa shape index (κ1) is 25.5. The summed E-state index contributed by atoms with van der Waals surface area (Å²) in [5, 5.41) is 8.62. The van der Waals surface area contributed by atoms with E-state index in [0.717, 1.165) is 16.3 Å². The zero-order valence-corrected chi connectivity index (χ0v) is 20.5. The van der Waals surface area contributed by atoms with Crippen LogP contribution in [0.5, 0.6) is 0 Å². The molecule has 0 aliphatic heterocycles. The van der Waals surface area contributed by atoms with Gasteiger partial charge in [-0.25, -0.2) is 9.78 Å². The summed E-state index contributed by atoms with van der Waals surface area (Å²) in [6, 6.07) is 7.77. The van der Waals surface area contributed by atoms with Crippen LogP contribution in [0.25, 0.3) is 0 Å². The van der Waals surface area contributed by atoms with Crippen molar-refractivity contribution in [2.75, 3.05) is 7.05 Å². The SMILES string of the molecule is CC(=O)[C@H](Cc1ccccc1)NC(=O)[C@@H](NC(=O)N(C)Cc1csc(C(C)C)n1)C(C)C. The van der Waals surface area contributed by atoms with Gasteiger partial charge < -0.3 is 15.5 Å². The first-order valence-corrected chi connectivity index (χ1v) is 11.8. The molecule has 32 heavy (non-hydrogen) atoms. The van der Waals surface area contributed by atoms with Crippen molar-refractivity contribution in [3.05, 3.63) is 52.0 Å². The number of carbonyl (C=O) groups is 3. The maximum Gasteiger partial charge on any atom is 0.318 e. The highest BCUT2D eigenvalue weighted by Crippen LogP contribution is 2.20. The van der Waals surface area contributed by atoms with E-state index in [1.165, 1.54) is 11.8 Å². The molecule has 7 nitrogen and oxygen atoms in total. The normalized spacial score (nSPS) is 13.0. The zero-order chi connectivity index (χ0) is 23.8. The van der Waals surface area contributed by atoms with Gasteiger partial charge in [-0.3, -0.25) is 9.59 Å². The Morgan fingerprint density at radius 2 is 1.72 bits per heavy atom. The first-order chi connectivity index (χ1) is 15.1. The third-order valence-corrected chi connectivity index (χ3v) is 6.32. The number of hydrogen-bond acceptors (Lipinski definition) is 5. The van der Waals surface area contributed by atoms with Gasteiger partial charge in [-0.15, -0.1) is 11.3 Å². The van der Waals surface area contributed by atoms with Crippen molar-refractivity contribution in [2.24, 2.45) is 5.92 Å². The second-order valence-corrected chi connectivity index (χ2v) is 9.61. The van der Waals surface area contributed by atoms with Crippen LogP contribution in [0.15, 0.2) is 35.7 Å². The Labute approximate surface area is 194 Å². The van der Waals surface area contributed by atoms with Crippen LogP contribution in [0, 0.1) is 5.92 Å². The average molecular weight is 459 g/mol. The number of Topliss-reactive ketones (excluding diaryl/α,β-unsaturated/α-hetero) is 1. The molecule has 0 bridgehead atoms. The van der Waals surface area contributed by atoms with Gasteiger partial charge in [0.25, 0.3) is 0 Å². The molecular weight excluding hydrogens is 424 g/mol. The predicted molar refractivity (Wildman–Crippen MR) is 128 cm³/mol. The number of rotatable bonds is 10. The van der Waals surface area contributed by atoms with Gasteiger partial charge in [0.05, 0.1) is 23.3 Å². The first-order valence-electron chi connectivity index (χ1n) is 10.9. The summed E-state index contributed by atoms with van der Waals surface area (Å²) >= 11 is 1.58. The van der Waals surface area contributed by atoms with E-state index in [1.807, 2.05) is 49.6 Å². The monoisotopic (exact) mass is 458 g/mol. The van der Waals surface area contributed by atoms with Crippen LogP contribution in [0.2, 0.25) is 0 Å². The molecule has 0 saturated heterocycles. The second kappa shape index (κ2) is 11.8. The van der Waals surface area contributed by atoms with Crippen LogP contribution in [0.3, 0.4) is 0 Å². The van der Waals surface area contributed by atoms with E-state index in [-0.39, 0.29) is 23.6 Å². The van der Waals surface area contributed by atoms with Crippen molar-refractivity contribution in [3.63, 3.8) is 0 Å². The standard InChI is InChI=1S/C24H34N4O3S/c1-15(2)21(22(30)26-20(17(5)29)12-18-10-8-7-9-11-18)27-24(31)28(6)13-19-14-32-23(25-19)16(3)4/h7-11,14-16,20-21H,12-13H2,1-6H3,(H,26,30)(H,27,31)/t20-,21-/m0/s1. The third kappa shape index (κ3) is 7.44. The fraction of sp³-hybridized carbons (Fsp3) is 0.500. The van der Waals surface area contributed by atoms with Gasteiger partial charge in [0.15, 0.2) is 5.78 Å². The summed E-state index contributed by atoms with van der Waals surface area (Å²) in [7, 11) is 1.67. The topological polar surface area (TPSA) is 91.4 Å². The van der Waals surface area contributed by atoms with Crippen molar-refractivity contribution in [1.82, 2.24) is 20.5 Å². The van der Waals surface area contributed by atoms with E-state index in [4.69, 9.17) is 0 Å². The van der Waals surface area contributed by atoms with E-state index in [9.17, 15) is 14.4 Å². The second-order valence-electron chi connectivity index (χ2n) is 8.72. The number of aromatic nitrogens is 1.